The van der Waals surface area contributed by atoms with E-state index in [-0.39, 0.29) is 5.91 Å². The van der Waals surface area contributed by atoms with Gasteiger partial charge in [-0.15, -0.1) is 0 Å². The largest absolute Gasteiger partial charge is 0.327 e. The van der Waals surface area contributed by atoms with E-state index in [1.165, 1.54) is 29.7 Å². The van der Waals surface area contributed by atoms with Crippen LogP contribution in [0.1, 0.15) is 24.8 Å². The number of amides is 1. The minimum atomic E-state index is 0.130. The summed E-state index contributed by atoms with van der Waals surface area (Å²) in [7, 11) is 0. The van der Waals surface area contributed by atoms with E-state index in [2.05, 4.69) is 5.32 Å². The van der Waals surface area contributed by atoms with Crippen molar-refractivity contribution in [3.05, 3.63) is 29.8 Å². The number of aryl methyl sites for hydroxylation is 1. The molecule has 0 aromatic heterocycles. The topological polar surface area (TPSA) is 33.5 Å². The minimum absolute atomic E-state index is 0.130. The van der Waals surface area contributed by atoms with Crippen LogP contribution in [0.15, 0.2) is 24.3 Å². The van der Waals surface area contributed by atoms with E-state index in [0.29, 0.717) is 6.54 Å². The lowest BCUT2D eigenvalue weighted by Gasteiger charge is -2.22. The Bertz CT molecular complexity index is 366. The van der Waals surface area contributed by atoms with Crippen molar-refractivity contribution >= 4 is 11.6 Å². The predicted molar refractivity (Wildman–Crippen MR) is 69.2 cm³/mol. The SMILES string of the molecule is Cc1ccc(NC(=O)C[NH+]2CCCCC2)cc1. The molecule has 2 N–H and O–H groups in total. The van der Waals surface area contributed by atoms with Crippen LogP contribution in [0.4, 0.5) is 5.69 Å². The monoisotopic (exact) mass is 233 g/mol. The first-order valence-electron chi connectivity index (χ1n) is 6.44. The Hall–Kier alpha value is -1.35. The number of hydrogen-bond donors (Lipinski definition) is 2. The van der Waals surface area contributed by atoms with Crippen LogP contribution in [0.2, 0.25) is 0 Å². The average Bonchev–Trinajstić information content (AvgIpc) is 2.33. The molecule has 1 aliphatic heterocycles. The van der Waals surface area contributed by atoms with Crippen molar-refractivity contribution in [3.8, 4) is 0 Å². The number of benzene rings is 1. The van der Waals surface area contributed by atoms with Crippen molar-refractivity contribution in [2.24, 2.45) is 0 Å². The maximum Gasteiger partial charge on any atom is 0.279 e. The number of carbonyl (C=O) groups is 1. The molecule has 1 aromatic carbocycles. The summed E-state index contributed by atoms with van der Waals surface area (Å²) in [4.78, 5) is 13.3. The van der Waals surface area contributed by atoms with Crippen LogP contribution in [0, 0.1) is 6.92 Å². The van der Waals surface area contributed by atoms with E-state index >= 15 is 0 Å². The molecule has 1 aromatic rings. The number of rotatable bonds is 3. The molecule has 0 radical (unpaired) electrons. The molecule has 0 unspecified atom stereocenters. The summed E-state index contributed by atoms with van der Waals surface area (Å²) in [5, 5.41) is 2.96. The third-order valence-electron chi connectivity index (χ3n) is 3.31. The second-order valence-corrected chi connectivity index (χ2v) is 4.90. The van der Waals surface area contributed by atoms with Gasteiger partial charge in [-0.1, -0.05) is 17.7 Å². The third-order valence-corrected chi connectivity index (χ3v) is 3.31. The highest BCUT2D eigenvalue weighted by Gasteiger charge is 2.17. The highest BCUT2D eigenvalue weighted by atomic mass is 16.2. The van der Waals surface area contributed by atoms with Crippen LogP contribution >= 0.6 is 0 Å². The summed E-state index contributed by atoms with van der Waals surface area (Å²) in [6.45, 7) is 4.93. The van der Waals surface area contributed by atoms with E-state index in [1.54, 1.807) is 0 Å². The van der Waals surface area contributed by atoms with Gasteiger partial charge >= 0.3 is 0 Å². The van der Waals surface area contributed by atoms with Gasteiger partial charge in [0.15, 0.2) is 6.54 Å². The molecule has 0 atom stereocenters. The summed E-state index contributed by atoms with van der Waals surface area (Å²) >= 11 is 0. The molecule has 3 heteroatoms. The Balaban J connectivity index is 1.82. The molecule has 1 heterocycles. The van der Waals surface area contributed by atoms with Gasteiger partial charge in [0.25, 0.3) is 5.91 Å². The van der Waals surface area contributed by atoms with Gasteiger partial charge in [0, 0.05) is 5.69 Å². The molecule has 0 aliphatic carbocycles. The van der Waals surface area contributed by atoms with Gasteiger partial charge in [0.2, 0.25) is 0 Å². The Morgan fingerprint density at radius 3 is 2.47 bits per heavy atom. The molecule has 0 saturated carbocycles. The molecule has 0 bridgehead atoms. The van der Waals surface area contributed by atoms with E-state index in [9.17, 15) is 4.79 Å². The Morgan fingerprint density at radius 2 is 1.82 bits per heavy atom. The average molecular weight is 233 g/mol. The maximum atomic E-state index is 11.8. The van der Waals surface area contributed by atoms with Crippen molar-refractivity contribution in [2.75, 3.05) is 25.0 Å². The number of nitrogens with one attached hydrogen (secondary N) is 2. The summed E-state index contributed by atoms with van der Waals surface area (Å²) in [6.07, 6.45) is 3.84. The Kier molecular flexibility index (Phi) is 4.15. The third kappa shape index (κ3) is 3.86. The van der Waals surface area contributed by atoms with Crippen molar-refractivity contribution in [2.45, 2.75) is 26.2 Å². The zero-order valence-electron chi connectivity index (χ0n) is 10.5. The van der Waals surface area contributed by atoms with Crippen molar-refractivity contribution in [3.63, 3.8) is 0 Å². The summed E-state index contributed by atoms with van der Waals surface area (Å²) in [5.41, 5.74) is 2.11. The fourth-order valence-corrected chi connectivity index (χ4v) is 2.30. The lowest BCUT2D eigenvalue weighted by atomic mass is 10.1. The number of hydrogen-bond acceptors (Lipinski definition) is 1. The van der Waals surface area contributed by atoms with Crippen molar-refractivity contribution < 1.29 is 9.69 Å². The fourth-order valence-electron chi connectivity index (χ4n) is 2.30. The zero-order chi connectivity index (χ0) is 12.1. The molecule has 3 nitrogen and oxygen atoms in total. The van der Waals surface area contributed by atoms with Crippen LogP contribution in [0.25, 0.3) is 0 Å². The molecule has 1 amide bonds. The highest BCUT2D eigenvalue weighted by molar-refractivity contribution is 5.91. The van der Waals surface area contributed by atoms with Gasteiger partial charge < -0.3 is 10.2 Å². The quantitative estimate of drug-likeness (QED) is 0.802. The number of carbonyl (C=O) groups excluding carboxylic acids is 1. The van der Waals surface area contributed by atoms with Crippen LogP contribution < -0.4 is 10.2 Å². The lowest BCUT2D eigenvalue weighted by molar-refractivity contribution is -0.896. The first-order valence-corrected chi connectivity index (χ1v) is 6.44. The van der Waals surface area contributed by atoms with Crippen LogP contribution in [0.5, 0.6) is 0 Å². The minimum Gasteiger partial charge on any atom is -0.327 e. The molecule has 2 rings (SSSR count). The van der Waals surface area contributed by atoms with E-state index in [0.717, 1.165) is 18.8 Å². The van der Waals surface area contributed by atoms with Crippen molar-refractivity contribution in [1.82, 2.24) is 0 Å². The number of piperidine rings is 1. The smallest absolute Gasteiger partial charge is 0.279 e. The van der Waals surface area contributed by atoms with Crippen LogP contribution in [-0.4, -0.2) is 25.5 Å². The summed E-state index contributed by atoms with van der Waals surface area (Å²) in [5.74, 6) is 0.130. The van der Waals surface area contributed by atoms with E-state index in [1.807, 2.05) is 31.2 Å². The Labute approximate surface area is 103 Å². The highest BCUT2D eigenvalue weighted by Crippen LogP contribution is 2.07. The lowest BCUT2D eigenvalue weighted by Crippen LogP contribution is -3.13. The molecule has 1 fully saturated rings. The molecule has 17 heavy (non-hydrogen) atoms. The van der Waals surface area contributed by atoms with Crippen LogP contribution in [-0.2, 0) is 4.79 Å². The standard InChI is InChI=1S/C14H20N2O/c1-12-5-7-13(8-6-12)15-14(17)11-16-9-3-2-4-10-16/h5-8H,2-4,9-11H2,1H3,(H,15,17)/p+1. The Morgan fingerprint density at radius 1 is 1.18 bits per heavy atom. The van der Waals surface area contributed by atoms with Crippen LogP contribution in [0.3, 0.4) is 0 Å². The predicted octanol–water partition coefficient (Wildman–Crippen LogP) is 1.00. The van der Waals surface area contributed by atoms with Gasteiger partial charge in [-0.25, -0.2) is 0 Å². The van der Waals surface area contributed by atoms with E-state index in [4.69, 9.17) is 0 Å². The second kappa shape index (κ2) is 5.82. The zero-order valence-corrected chi connectivity index (χ0v) is 10.5. The van der Waals surface area contributed by atoms with Crippen molar-refractivity contribution in [1.29, 1.82) is 0 Å². The second-order valence-electron chi connectivity index (χ2n) is 4.90. The van der Waals surface area contributed by atoms with Gasteiger partial charge in [-0.3, -0.25) is 4.79 Å². The number of likely N-dealkylation sites (tertiary alicyclic amines) is 1. The van der Waals surface area contributed by atoms with Gasteiger partial charge in [-0.2, -0.15) is 0 Å². The molecular weight excluding hydrogens is 212 g/mol. The summed E-state index contributed by atoms with van der Waals surface area (Å²) < 4.78 is 0. The summed E-state index contributed by atoms with van der Waals surface area (Å²) in [6, 6.07) is 7.95. The maximum absolute atomic E-state index is 11.8. The first kappa shape index (κ1) is 12.1. The molecule has 1 saturated heterocycles. The normalized spacial score (nSPS) is 16.8. The first-order chi connectivity index (χ1) is 8.24. The number of anilines is 1. The molecule has 0 spiro atoms. The molecule has 1 aliphatic rings. The van der Waals surface area contributed by atoms with Gasteiger partial charge in [-0.05, 0) is 38.3 Å². The molecule has 92 valence electrons. The number of quaternary nitrogens is 1. The fraction of sp³-hybridized carbons (Fsp3) is 0.500. The van der Waals surface area contributed by atoms with Gasteiger partial charge in [0.1, 0.15) is 0 Å². The molecular formula is C14H21N2O+. The van der Waals surface area contributed by atoms with E-state index < -0.39 is 0 Å². The van der Waals surface area contributed by atoms with Gasteiger partial charge in [0.05, 0.1) is 13.1 Å².